The molecule has 1 fully saturated rings. The van der Waals surface area contributed by atoms with Crippen molar-refractivity contribution in [2.75, 3.05) is 18.1 Å². The van der Waals surface area contributed by atoms with E-state index < -0.39 is 17.3 Å². The molecule has 2 unspecified atom stereocenters. The maximum Gasteiger partial charge on any atom is 0.338 e. The van der Waals surface area contributed by atoms with Crippen molar-refractivity contribution in [3.63, 3.8) is 0 Å². The van der Waals surface area contributed by atoms with Crippen LogP contribution in [0, 0.1) is 11.7 Å². The summed E-state index contributed by atoms with van der Waals surface area (Å²) in [6.45, 7) is 2.44. The average Bonchev–Trinajstić information content (AvgIpc) is 2.70. The summed E-state index contributed by atoms with van der Waals surface area (Å²) >= 11 is 0. The zero-order valence-corrected chi connectivity index (χ0v) is 10.0. The highest BCUT2D eigenvalue weighted by atomic mass is 19.1. The van der Waals surface area contributed by atoms with Gasteiger partial charge in [-0.1, -0.05) is 6.92 Å². The molecule has 0 bridgehead atoms. The Balaban J connectivity index is 2.40. The summed E-state index contributed by atoms with van der Waals surface area (Å²) in [7, 11) is 0. The van der Waals surface area contributed by atoms with Gasteiger partial charge in [0, 0.05) is 12.7 Å². The molecule has 1 saturated heterocycles. The van der Waals surface area contributed by atoms with Crippen molar-refractivity contribution < 1.29 is 19.4 Å². The van der Waals surface area contributed by atoms with Crippen LogP contribution in [0.4, 0.5) is 10.2 Å². The number of carbonyl (C=O) groups is 1. The Labute approximate surface area is 104 Å². The van der Waals surface area contributed by atoms with E-state index >= 15 is 0 Å². The molecule has 0 radical (unpaired) electrons. The Morgan fingerprint density at radius 2 is 2.39 bits per heavy atom. The highest BCUT2D eigenvalue weighted by Gasteiger charge is 2.33. The minimum atomic E-state index is -1.32. The van der Waals surface area contributed by atoms with E-state index in [2.05, 4.69) is 4.98 Å². The Kier molecular flexibility index (Phi) is 3.47. The lowest BCUT2D eigenvalue weighted by Crippen LogP contribution is -2.36. The van der Waals surface area contributed by atoms with Crippen LogP contribution < -0.4 is 4.90 Å². The molecule has 5 nitrogen and oxygen atoms in total. The summed E-state index contributed by atoms with van der Waals surface area (Å²) in [5.41, 5.74) is -0.392. The third kappa shape index (κ3) is 2.03. The van der Waals surface area contributed by atoms with Crippen LogP contribution in [0.1, 0.15) is 23.7 Å². The second-order valence-electron chi connectivity index (χ2n) is 4.51. The minimum Gasteiger partial charge on any atom is -0.478 e. The quantitative estimate of drug-likeness (QED) is 0.845. The largest absolute Gasteiger partial charge is 0.478 e. The van der Waals surface area contributed by atoms with Gasteiger partial charge in [0.05, 0.1) is 12.6 Å². The fourth-order valence-corrected chi connectivity index (χ4v) is 2.35. The summed E-state index contributed by atoms with van der Waals surface area (Å²) in [5, 5.41) is 18.2. The minimum absolute atomic E-state index is 0.0123. The lowest BCUT2D eigenvalue weighted by molar-refractivity contribution is 0.0691. The highest BCUT2D eigenvalue weighted by Crippen LogP contribution is 2.30. The van der Waals surface area contributed by atoms with Crippen molar-refractivity contribution in [2.24, 2.45) is 5.92 Å². The van der Waals surface area contributed by atoms with Crippen LogP contribution in [-0.4, -0.2) is 40.4 Å². The van der Waals surface area contributed by atoms with Gasteiger partial charge in [0.15, 0.2) is 11.6 Å². The summed E-state index contributed by atoms with van der Waals surface area (Å²) in [6, 6.07) is 0.922. The van der Waals surface area contributed by atoms with E-state index in [1.807, 2.05) is 6.92 Å². The van der Waals surface area contributed by atoms with Crippen molar-refractivity contribution in [1.29, 1.82) is 0 Å². The van der Waals surface area contributed by atoms with Crippen molar-refractivity contribution in [2.45, 2.75) is 19.4 Å². The van der Waals surface area contributed by atoms with Crippen molar-refractivity contribution >= 4 is 11.8 Å². The Bertz CT molecular complexity index is 467. The van der Waals surface area contributed by atoms with Gasteiger partial charge in [0.2, 0.25) is 0 Å². The topological polar surface area (TPSA) is 73.7 Å². The maximum atomic E-state index is 14.0. The number of halogens is 1. The van der Waals surface area contributed by atoms with Crippen LogP contribution in [0.2, 0.25) is 0 Å². The molecule has 1 aliphatic heterocycles. The number of aliphatic hydroxyl groups is 1. The zero-order valence-electron chi connectivity index (χ0n) is 10.0. The van der Waals surface area contributed by atoms with Gasteiger partial charge in [-0.05, 0) is 18.4 Å². The van der Waals surface area contributed by atoms with Gasteiger partial charge >= 0.3 is 5.97 Å². The number of hydrogen-bond acceptors (Lipinski definition) is 4. The second kappa shape index (κ2) is 4.89. The van der Waals surface area contributed by atoms with Gasteiger partial charge in [-0.25, -0.2) is 14.2 Å². The molecule has 1 aliphatic rings. The fourth-order valence-electron chi connectivity index (χ4n) is 2.35. The molecule has 1 aromatic heterocycles. The lowest BCUT2D eigenvalue weighted by Gasteiger charge is -2.26. The average molecular weight is 254 g/mol. The molecule has 0 aromatic carbocycles. The molecule has 98 valence electrons. The molecule has 0 saturated carbocycles. The van der Waals surface area contributed by atoms with Crippen LogP contribution in [0.25, 0.3) is 0 Å². The van der Waals surface area contributed by atoms with Gasteiger partial charge in [-0.2, -0.15) is 0 Å². The van der Waals surface area contributed by atoms with E-state index in [1.165, 1.54) is 6.20 Å². The highest BCUT2D eigenvalue weighted by molar-refractivity contribution is 5.88. The molecule has 18 heavy (non-hydrogen) atoms. The molecular formula is C12H15FN2O3. The number of rotatable bonds is 3. The predicted octanol–water partition coefficient (Wildman–Crippen LogP) is 1.13. The summed E-state index contributed by atoms with van der Waals surface area (Å²) in [6.07, 6.45) is 2.10. The third-order valence-corrected chi connectivity index (χ3v) is 3.44. The van der Waals surface area contributed by atoms with Crippen molar-refractivity contribution in [1.82, 2.24) is 4.98 Å². The second-order valence-corrected chi connectivity index (χ2v) is 4.51. The smallest absolute Gasteiger partial charge is 0.338 e. The summed E-state index contributed by atoms with van der Waals surface area (Å²) in [4.78, 5) is 16.4. The molecule has 0 spiro atoms. The molecule has 2 rings (SSSR count). The van der Waals surface area contributed by atoms with Gasteiger partial charge in [-0.15, -0.1) is 0 Å². The number of nitrogens with zero attached hydrogens (tertiary/aromatic N) is 2. The molecular weight excluding hydrogens is 239 g/mol. The van der Waals surface area contributed by atoms with Gasteiger partial charge in [0.1, 0.15) is 5.56 Å². The SMILES string of the molecule is CC1CCN(c2nccc(C(=O)O)c2F)C1CO. The van der Waals surface area contributed by atoms with Crippen molar-refractivity contribution in [3.8, 4) is 0 Å². The fraction of sp³-hybridized carbons (Fsp3) is 0.500. The maximum absolute atomic E-state index is 14.0. The molecule has 2 heterocycles. The molecule has 1 aromatic rings. The number of hydrogen-bond donors (Lipinski definition) is 2. The number of carboxylic acids is 1. The Morgan fingerprint density at radius 3 is 3.00 bits per heavy atom. The van der Waals surface area contributed by atoms with Crippen LogP contribution >= 0.6 is 0 Å². The third-order valence-electron chi connectivity index (χ3n) is 3.44. The Hall–Kier alpha value is -1.69. The van der Waals surface area contributed by atoms with E-state index in [-0.39, 0.29) is 24.4 Å². The lowest BCUT2D eigenvalue weighted by atomic mass is 10.0. The first-order valence-corrected chi connectivity index (χ1v) is 5.81. The molecule has 2 N–H and O–H groups in total. The Morgan fingerprint density at radius 1 is 1.67 bits per heavy atom. The first kappa shape index (κ1) is 12.8. The number of aliphatic hydroxyl groups excluding tert-OH is 1. The van der Waals surface area contributed by atoms with Gasteiger partial charge < -0.3 is 15.1 Å². The van der Waals surface area contributed by atoms with E-state index in [0.717, 1.165) is 12.5 Å². The zero-order chi connectivity index (χ0) is 13.3. The van der Waals surface area contributed by atoms with Crippen LogP contribution in [0.15, 0.2) is 12.3 Å². The summed E-state index contributed by atoms with van der Waals surface area (Å²) in [5.74, 6) is -1.91. The van der Waals surface area contributed by atoms with E-state index in [0.29, 0.717) is 6.54 Å². The molecule has 2 atom stereocenters. The van der Waals surface area contributed by atoms with E-state index in [9.17, 15) is 14.3 Å². The number of carboxylic acid groups (broad SMARTS) is 1. The molecule has 0 amide bonds. The first-order chi connectivity index (χ1) is 8.56. The number of pyridine rings is 1. The van der Waals surface area contributed by atoms with Crippen LogP contribution in [0.3, 0.4) is 0 Å². The van der Waals surface area contributed by atoms with Crippen LogP contribution in [0.5, 0.6) is 0 Å². The standard InChI is InChI=1S/C12H15FN2O3/c1-7-3-5-15(9(7)6-16)11-10(13)8(12(17)18)2-4-14-11/h2,4,7,9,16H,3,5-6H2,1H3,(H,17,18). The number of aromatic nitrogens is 1. The summed E-state index contributed by atoms with van der Waals surface area (Å²) < 4.78 is 14.0. The van der Waals surface area contributed by atoms with E-state index in [1.54, 1.807) is 4.90 Å². The van der Waals surface area contributed by atoms with Crippen molar-refractivity contribution in [3.05, 3.63) is 23.6 Å². The monoisotopic (exact) mass is 254 g/mol. The van der Waals surface area contributed by atoms with Crippen LogP contribution in [-0.2, 0) is 0 Å². The predicted molar refractivity (Wildman–Crippen MR) is 63.2 cm³/mol. The van der Waals surface area contributed by atoms with Gasteiger partial charge in [0.25, 0.3) is 0 Å². The number of aromatic carboxylic acids is 1. The van der Waals surface area contributed by atoms with E-state index in [4.69, 9.17) is 5.11 Å². The normalized spacial score (nSPS) is 23.4. The van der Waals surface area contributed by atoms with Gasteiger partial charge in [-0.3, -0.25) is 0 Å². The number of anilines is 1. The molecule has 0 aliphatic carbocycles. The molecule has 6 heteroatoms. The first-order valence-electron chi connectivity index (χ1n) is 5.81.